The number of nitrogens with zero attached hydrogens (tertiary/aromatic N) is 2. The molecule has 0 unspecified atom stereocenters. The molecule has 128 valence electrons. The Kier molecular flexibility index (Phi) is 4.87. The Labute approximate surface area is 133 Å². The van der Waals surface area contributed by atoms with Crippen LogP contribution in [0.25, 0.3) is 0 Å². The summed E-state index contributed by atoms with van der Waals surface area (Å²) in [6.07, 6.45) is -1.26. The molecular formula is C16H21F3N2O2. The van der Waals surface area contributed by atoms with Gasteiger partial charge < -0.3 is 9.64 Å². The van der Waals surface area contributed by atoms with Crippen LogP contribution in [-0.4, -0.2) is 34.7 Å². The van der Waals surface area contributed by atoms with E-state index in [2.05, 4.69) is 4.98 Å². The van der Waals surface area contributed by atoms with Crippen LogP contribution in [0.15, 0.2) is 18.5 Å². The minimum atomic E-state index is -4.39. The molecule has 1 aliphatic rings. The van der Waals surface area contributed by atoms with Crippen LogP contribution in [-0.2, 0) is 10.9 Å². The first-order chi connectivity index (χ1) is 10.6. The Morgan fingerprint density at radius 2 is 1.83 bits per heavy atom. The molecule has 1 aromatic heterocycles. The van der Waals surface area contributed by atoms with Crippen LogP contribution in [0.5, 0.6) is 0 Å². The Morgan fingerprint density at radius 1 is 1.22 bits per heavy atom. The summed E-state index contributed by atoms with van der Waals surface area (Å²) in [5.41, 5.74) is -0.716. The molecule has 0 N–H and O–H groups in total. The van der Waals surface area contributed by atoms with E-state index >= 15 is 0 Å². The highest BCUT2D eigenvalue weighted by atomic mass is 19.4. The second kappa shape index (κ2) is 6.37. The van der Waals surface area contributed by atoms with Crippen LogP contribution in [0.3, 0.4) is 0 Å². The monoisotopic (exact) mass is 330 g/mol. The zero-order valence-corrected chi connectivity index (χ0v) is 13.5. The summed E-state index contributed by atoms with van der Waals surface area (Å²) >= 11 is 0. The number of carbonyl (C=O) groups is 1. The average molecular weight is 330 g/mol. The maximum absolute atomic E-state index is 12.8. The number of hydrogen-bond donors (Lipinski definition) is 0. The lowest BCUT2D eigenvalue weighted by molar-refractivity contribution is -0.137. The molecule has 0 radical (unpaired) electrons. The molecule has 2 rings (SSSR count). The smallest absolute Gasteiger partial charge is 0.417 e. The van der Waals surface area contributed by atoms with E-state index in [0.717, 1.165) is 12.3 Å². The molecule has 7 heteroatoms. The second-order valence-electron chi connectivity index (χ2n) is 6.75. The van der Waals surface area contributed by atoms with Gasteiger partial charge in [0.05, 0.1) is 5.56 Å². The summed E-state index contributed by atoms with van der Waals surface area (Å²) in [7, 11) is 0. The number of halogens is 3. The molecule has 0 aliphatic carbocycles. The number of pyridine rings is 1. The highest BCUT2D eigenvalue weighted by molar-refractivity contribution is 5.68. The van der Waals surface area contributed by atoms with E-state index < -0.39 is 17.3 Å². The van der Waals surface area contributed by atoms with Crippen molar-refractivity contribution >= 4 is 6.09 Å². The van der Waals surface area contributed by atoms with E-state index in [0.29, 0.717) is 31.5 Å². The van der Waals surface area contributed by atoms with Gasteiger partial charge in [-0.1, -0.05) is 0 Å². The standard InChI is InChI=1S/C16H21F3N2O2/c1-15(2,3)23-14(22)21-6-4-11(5-7-21)12-8-13(10-20-9-12)16(17,18)19/h8-11H,4-7H2,1-3H3. The fraction of sp³-hybridized carbons (Fsp3) is 0.625. The molecule has 0 spiro atoms. The molecule has 1 saturated heterocycles. The van der Waals surface area contributed by atoms with Gasteiger partial charge in [-0.05, 0) is 51.2 Å². The maximum atomic E-state index is 12.8. The highest BCUT2D eigenvalue weighted by Crippen LogP contribution is 2.33. The molecular weight excluding hydrogens is 309 g/mol. The zero-order valence-electron chi connectivity index (χ0n) is 13.5. The Balaban J connectivity index is 1.98. The number of piperidine rings is 1. The summed E-state index contributed by atoms with van der Waals surface area (Å²) in [6, 6.07) is 1.15. The molecule has 4 nitrogen and oxygen atoms in total. The Bertz CT molecular complexity index is 559. The maximum Gasteiger partial charge on any atom is 0.417 e. The van der Waals surface area contributed by atoms with E-state index in [4.69, 9.17) is 4.74 Å². The van der Waals surface area contributed by atoms with Crippen LogP contribution in [0.4, 0.5) is 18.0 Å². The number of alkyl halides is 3. The number of amides is 1. The normalized spacial score (nSPS) is 17.2. The van der Waals surface area contributed by atoms with E-state index in [9.17, 15) is 18.0 Å². The first kappa shape index (κ1) is 17.6. The number of hydrogen-bond acceptors (Lipinski definition) is 3. The third kappa shape index (κ3) is 4.84. The topological polar surface area (TPSA) is 42.4 Å². The van der Waals surface area contributed by atoms with Crippen molar-refractivity contribution < 1.29 is 22.7 Å². The molecule has 2 heterocycles. The molecule has 1 aliphatic heterocycles. The van der Waals surface area contributed by atoms with Crippen LogP contribution < -0.4 is 0 Å². The van der Waals surface area contributed by atoms with Crippen molar-refractivity contribution in [1.82, 2.24) is 9.88 Å². The van der Waals surface area contributed by atoms with Crippen LogP contribution in [0.2, 0.25) is 0 Å². The molecule has 0 aromatic carbocycles. The van der Waals surface area contributed by atoms with Gasteiger partial charge in [0.15, 0.2) is 0 Å². The SMILES string of the molecule is CC(C)(C)OC(=O)N1CCC(c2cncc(C(F)(F)F)c2)CC1. The minimum Gasteiger partial charge on any atom is -0.444 e. The van der Waals surface area contributed by atoms with Crippen molar-refractivity contribution in [2.75, 3.05) is 13.1 Å². The van der Waals surface area contributed by atoms with Crippen LogP contribution >= 0.6 is 0 Å². The molecule has 23 heavy (non-hydrogen) atoms. The lowest BCUT2D eigenvalue weighted by Gasteiger charge is -2.33. The van der Waals surface area contributed by atoms with Gasteiger partial charge >= 0.3 is 12.3 Å². The number of aromatic nitrogens is 1. The third-order valence-corrected chi connectivity index (χ3v) is 3.70. The van der Waals surface area contributed by atoms with Crippen molar-refractivity contribution in [2.45, 2.75) is 51.3 Å². The van der Waals surface area contributed by atoms with Crippen LogP contribution in [0.1, 0.15) is 50.7 Å². The fourth-order valence-electron chi connectivity index (χ4n) is 2.56. The van der Waals surface area contributed by atoms with Gasteiger partial charge in [-0.25, -0.2) is 4.79 Å². The van der Waals surface area contributed by atoms with Crippen molar-refractivity contribution in [2.24, 2.45) is 0 Å². The van der Waals surface area contributed by atoms with Crippen molar-refractivity contribution in [3.05, 3.63) is 29.6 Å². The fourth-order valence-corrected chi connectivity index (χ4v) is 2.56. The highest BCUT2D eigenvalue weighted by Gasteiger charge is 2.33. The summed E-state index contributed by atoms with van der Waals surface area (Å²) in [5, 5.41) is 0. The average Bonchev–Trinajstić information content (AvgIpc) is 2.45. The first-order valence-electron chi connectivity index (χ1n) is 7.56. The van der Waals surface area contributed by atoms with Gasteiger partial charge in [0.25, 0.3) is 0 Å². The van der Waals surface area contributed by atoms with E-state index in [1.165, 1.54) is 6.20 Å². The Morgan fingerprint density at radius 3 is 2.35 bits per heavy atom. The summed E-state index contributed by atoms with van der Waals surface area (Å²) in [5.74, 6) is -0.0245. The zero-order chi connectivity index (χ0) is 17.3. The van der Waals surface area contributed by atoms with Gasteiger partial charge in [-0.15, -0.1) is 0 Å². The van der Waals surface area contributed by atoms with Crippen LogP contribution in [0, 0.1) is 0 Å². The summed E-state index contributed by atoms with van der Waals surface area (Å²) in [4.78, 5) is 17.3. The molecule has 1 amide bonds. The van der Waals surface area contributed by atoms with E-state index in [-0.39, 0.29) is 12.0 Å². The Hall–Kier alpha value is -1.79. The predicted octanol–water partition coefficient (Wildman–Crippen LogP) is 4.21. The quantitative estimate of drug-likeness (QED) is 0.774. The summed E-state index contributed by atoms with van der Waals surface area (Å²) < 4.78 is 43.6. The van der Waals surface area contributed by atoms with Crippen molar-refractivity contribution in [3.63, 3.8) is 0 Å². The number of carbonyl (C=O) groups excluding carboxylic acids is 1. The van der Waals surface area contributed by atoms with Crippen molar-refractivity contribution in [3.8, 4) is 0 Å². The van der Waals surface area contributed by atoms with E-state index in [1.807, 2.05) is 0 Å². The number of rotatable bonds is 1. The minimum absolute atomic E-state index is 0.0245. The first-order valence-corrected chi connectivity index (χ1v) is 7.56. The molecule has 0 saturated carbocycles. The largest absolute Gasteiger partial charge is 0.444 e. The summed E-state index contributed by atoms with van der Waals surface area (Å²) in [6.45, 7) is 6.33. The predicted molar refractivity (Wildman–Crippen MR) is 79.0 cm³/mol. The molecule has 0 bridgehead atoms. The van der Waals surface area contributed by atoms with Gasteiger partial charge in [-0.2, -0.15) is 13.2 Å². The lowest BCUT2D eigenvalue weighted by Crippen LogP contribution is -2.41. The van der Waals surface area contributed by atoms with Gasteiger partial charge in [0, 0.05) is 25.5 Å². The lowest BCUT2D eigenvalue weighted by atomic mass is 9.90. The van der Waals surface area contributed by atoms with Gasteiger partial charge in [-0.3, -0.25) is 4.98 Å². The molecule has 1 fully saturated rings. The number of ether oxygens (including phenoxy) is 1. The third-order valence-electron chi connectivity index (χ3n) is 3.70. The van der Waals surface area contributed by atoms with Gasteiger partial charge in [0.2, 0.25) is 0 Å². The van der Waals surface area contributed by atoms with E-state index in [1.54, 1.807) is 25.7 Å². The van der Waals surface area contributed by atoms with Gasteiger partial charge in [0.1, 0.15) is 5.60 Å². The molecule has 1 aromatic rings. The van der Waals surface area contributed by atoms with Crippen molar-refractivity contribution in [1.29, 1.82) is 0 Å². The number of likely N-dealkylation sites (tertiary alicyclic amines) is 1. The molecule has 0 atom stereocenters. The second-order valence-corrected chi connectivity index (χ2v) is 6.75.